The zero-order chi connectivity index (χ0) is 38.8. The van der Waals surface area contributed by atoms with Crippen molar-refractivity contribution in [3.8, 4) is 11.5 Å². The van der Waals surface area contributed by atoms with Crippen LogP contribution in [0.3, 0.4) is 0 Å². The molecule has 0 aliphatic carbocycles. The fourth-order valence-corrected chi connectivity index (χ4v) is 6.26. The van der Waals surface area contributed by atoms with Crippen molar-refractivity contribution in [3.05, 3.63) is 153 Å². The van der Waals surface area contributed by atoms with Crippen LogP contribution in [0.25, 0.3) is 10.6 Å². The number of fused-ring (bicyclic) bond motifs is 2. The molecule has 6 rings (SSSR count). The van der Waals surface area contributed by atoms with Gasteiger partial charge in [0, 0.05) is 11.1 Å². The number of rotatable bonds is 10. The summed E-state index contributed by atoms with van der Waals surface area (Å²) in [5.74, 6) is 1.31. The first kappa shape index (κ1) is 42.6. The van der Waals surface area contributed by atoms with Crippen molar-refractivity contribution in [3.63, 3.8) is 0 Å². The van der Waals surface area contributed by atoms with E-state index in [1.54, 1.807) is 24.3 Å². The quantitative estimate of drug-likeness (QED) is 0.131. The molecule has 4 aromatic rings. The van der Waals surface area contributed by atoms with Gasteiger partial charge >= 0.3 is 34.5 Å². The maximum atomic E-state index is 11.2. The molecule has 6 N–H and O–H groups in total. The van der Waals surface area contributed by atoms with Crippen LogP contribution in [-0.4, -0.2) is 40.1 Å². The molecule has 0 amide bonds. The van der Waals surface area contributed by atoms with E-state index in [9.17, 15) is 27.0 Å². The SMILES string of the molecule is Cc1ccc2c(c1)C(O)C(C[N-]Cc1ccc(S(N)(=O)=O)cc1)=CO2.Cc1ccc2c(c1)C(O)C(C[N-]Cc1ccc(S(N)(=O)=O)cc1)=CO2.[Cl][Zn][Cl]. The fraction of sp³-hybridized carbons (Fsp3) is 0.222. The van der Waals surface area contributed by atoms with E-state index in [0.717, 1.165) is 33.4 Å². The zero-order valence-electron chi connectivity index (χ0n) is 28.9. The van der Waals surface area contributed by atoms with Gasteiger partial charge in [-0.25, -0.2) is 27.1 Å². The third-order valence-electron chi connectivity index (χ3n) is 7.98. The van der Waals surface area contributed by atoms with Crippen molar-refractivity contribution in [2.24, 2.45) is 10.3 Å². The number of hydrogen-bond acceptors (Lipinski definition) is 8. The number of ether oxygens (including phenoxy) is 2. The topological polar surface area (TPSA) is 207 Å². The monoisotopic (exact) mass is 852 g/mol. The molecule has 280 valence electrons. The molecule has 0 fully saturated rings. The summed E-state index contributed by atoms with van der Waals surface area (Å²) in [6, 6.07) is 23.8. The van der Waals surface area contributed by atoms with E-state index in [-0.39, 0.29) is 9.79 Å². The van der Waals surface area contributed by atoms with Crippen LogP contribution in [-0.2, 0) is 48.3 Å². The predicted molar refractivity (Wildman–Crippen MR) is 201 cm³/mol. The molecule has 0 radical (unpaired) electrons. The van der Waals surface area contributed by atoms with Crippen LogP contribution in [0.1, 0.15) is 45.6 Å². The average Bonchev–Trinajstić information content (AvgIpc) is 3.11. The summed E-state index contributed by atoms with van der Waals surface area (Å²) in [4.78, 5) is 0.143. The Hall–Kier alpha value is -3.18. The summed E-state index contributed by atoms with van der Waals surface area (Å²) in [5.41, 5.74) is 6.66. The Labute approximate surface area is 325 Å². The Morgan fingerprint density at radius 1 is 0.623 bits per heavy atom. The Bertz CT molecular complexity index is 2000. The molecule has 2 heterocycles. The summed E-state index contributed by atoms with van der Waals surface area (Å²) >= 11 is -0.931. The maximum absolute atomic E-state index is 11.2. The van der Waals surface area contributed by atoms with Gasteiger partial charge < -0.3 is 30.3 Å². The standard InChI is InChI=1S/2C18H19N2O4S.2ClH.Zn/c2*1-12-2-7-17-16(8-12)18(21)14(11-24-17)10-20-9-13-3-5-15(6-4-13)25(19,22)23;;;/h2*2-8,11,18,21H,9-10H2,1H3,(H2,19,22,23);2*1H;/q2*-1;;;+2/p-2. The van der Waals surface area contributed by atoms with Gasteiger partial charge in [-0.05, 0) is 73.5 Å². The third kappa shape index (κ3) is 12.4. The summed E-state index contributed by atoms with van der Waals surface area (Å²) in [6.07, 6.45) is 1.60. The van der Waals surface area contributed by atoms with Crippen LogP contribution in [0.2, 0.25) is 0 Å². The van der Waals surface area contributed by atoms with Gasteiger partial charge in [0.1, 0.15) is 23.7 Å². The van der Waals surface area contributed by atoms with Crippen LogP contribution in [0.4, 0.5) is 0 Å². The first-order valence-electron chi connectivity index (χ1n) is 16.0. The van der Waals surface area contributed by atoms with Gasteiger partial charge in [-0.3, -0.25) is 0 Å². The van der Waals surface area contributed by atoms with Gasteiger partial charge in [-0.15, -0.1) is 26.2 Å². The number of halogens is 2. The summed E-state index contributed by atoms with van der Waals surface area (Å²) in [5, 5.41) is 39.9. The van der Waals surface area contributed by atoms with E-state index >= 15 is 0 Å². The second-order valence-corrected chi connectivity index (χ2v) is 19.8. The van der Waals surface area contributed by atoms with E-state index < -0.39 is 47.4 Å². The van der Waals surface area contributed by atoms with Crippen LogP contribution in [0.15, 0.2) is 118 Å². The van der Waals surface area contributed by atoms with E-state index in [0.29, 0.717) is 48.8 Å². The van der Waals surface area contributed by atoms with Crippen molar-refractivity contribution in [1.29, 1.82) is 0 Å². The second-order valence-electron chi connectivity index (χ2n) is 12.1. The molecule has 0 bridgehead atoms. The number of nitrogens with zero attached hydrogens (tertiary/aromatic N) is 2. The number of aryl methyl sites for hydroxylation is 2. The van der Waals surface area contributed by atoms with Gasteiger partial charge in [-0.1, -0.05) is 58.7 Å². The summed E-state index contributed by atoms with van der Waals surface area (Å²) in [7, 11) is 2.53. The number of aliphatic hydroxyl groups is 2. The first-order chi connectivity index (χ1) is 25.1. The molecular formula is C36H38Cl2N4O8S2Zn-2. The molecule has 2 atom stereocenters. The van der Waals surface area contributed by atoms with Crippen molar-refractivity contribution in [1.82, 2.24) is 0 Å². The Morgan fingerprint density at radius 2 is 0.962 bits per heavy atom. The molecule has 0 aromatic heterocycles. The molecule has 0 saturated heterocycles. The molecule has 53 heavy (non-hydrogen) atoms. The predicted octanol–water partition coefficient (Wildman–Crippen LogP) is 6.43. The molecule has 0 saturated carbocycles. The van der Waals surface area contributed by atoms with Crippen LogP contribution >= 0.6 is 19.4 Å². The van der Waals surface area contributed by atoms with Crippen molar-refractivity contribution in [2.45, 2.75) is 48.9 Å². The molecule has 2 aliphatic rings. The number of hydrogen-bond donors (Lipinski definition) is 4. The van der Waals surface area contributed by atoms with E-state index in [1.807, 2.05) is 50.2 Å². The average molecular weight is 855 g/mol. The molecule has 2 aliphatic heterocycles. The third-order valence-corrected chi connectivity index (χ3v) is 9.84. The zero-order valence-corrected chi connectivity index (χ0v) is 35.0. The Balaban J connectivity index is 0.000000220. The number of sulfonamides is 2. The van der Waals surface area contributed by atoms with E-state index in [4.69, 9.17) is 39.1 Å². The van der Waals surface area contributed by atoms with Crippen molar-refractivity contribution in [2.75, 3.05) is 13.1 Å². The molecule has 17 heteroatoms. The molecule has 4 aromatic carbocycles. The minimum absolute atomic E-state index is 0.0713. The van der Waals surface area contributed by atoms with Gasteiger partial charge in [0.05, 0.1) is 22.3 Å². The fourth-order valence-electron chi connectivity index (χ4n) is 5.23. The second kappa shape index (κ2) is 19.4. The van der Waals surface area contributed by atoms with Crippen LogP contribution < -0.4 is 19.8 Å². The first-order valence-corrected chi connectivity index (χ1v) is 26.9. The van der Waals surface area contributed by atoms with Crippen molar-refractivity contribution >= 4 is 39.4 Å². The van der Waals surface area contributed by atoms with Crippen LogP contribution in [0.5, 0.6) is 11.5 Å². The minimum atomic E-state index is -3.69. The van der Waals surface area contributed by atoms with Crippen LogP contribution in [0, 0.1) is 13.8 Å². The number of benzene rings is 4. The Kier molecular flexibility index (Phi) is 15.6. The molecule has 0 spiro atoms. The number of aliphatic hydroxyl groups excluding tert-OH is 2. The molecule has 2 unspecified atom stereocenters. The van der Waals surface area contributed by atoms with Gasteiger partial charge in [0.25, 0.3) is 0 Å². The van der Waals surface area contributed by atoms with E-state index in [2.05, 4.69) is 10.6 Å². The number of primary sulfonamides is 2. The number of nitrogens with two attached hydrogens (primary N) is 2. The van der Waals surface area contributed by atoms with E-state index in [1.165, 1.54) is 36.8 Å². The van der Waals surface area contributed by atoms with Gasteiger partial charge in [-0.2, -0.15) is 0 Å². The summed E-state index contributed by atoms with van der Waals surface area (Å²) < 4.78 is 56.0. The normalized spacial score (nSPS) is 16.0. The van der Waals surface area contributed by atoms with Gasteiger partial charge in [0.15, 0.2) is 0 Å². The molecular weight excluding hydrogens is 817 g/mol. The Morgan fingerprint density at radius 3 is 1.28 bits per heavy atom. The van der Waals surface area contributed by atoms with Crippen molar-refractivity contribution < 1.29 is 51.7 Å². The van der Waals surface area contributed by atoms with Gasteiger partial charge in [0.2, 0.25) is 20.0 Å². The molecule has 12 nitrogen and oxygen atoms in total. The summed E-state index contributed by atoms with van der Waals surface area (Å²) in [6.45, 7) is 5.36.